The molecular formula is C20H19ClN2O2. The maximum absolute atomic E-state index is 12.8. The minimum atomic E-state index is -0.169. The quantitative estimate of drug-likeness (QED) is 0.766. The van der Waals surface area contributed by atoms with Crippen molar-refractivity contribution in [3.05, 3.63) is 80.0 Å². The third-order valence-corrected chi connectivity index (χ3v) is 3.99. The van der Waals surface area contributed by atoms with Crippen LogP contribution in [0.15, 0.2) is 53.3 Å². The number of H-pyrrole nitrogens is 1. The second kappa shape index (κ2) is 7.45. The summed E-state index contributed by atoms with van der Waals surface area (Å²) < 4.78 is 7.23. The molecule has 0 amide bonds. The summed E-state index contributed by atoms with van der Waals surface area (Å²) in [6.07, 6.45) is 2.66. The predicted molar refractivity (Wildman–Crippen MR) is 102 cm³/mol. The summed E-state index contributed by atoms with van der Waals surface area (Å²) in [4.78, 5) is 12.8. The van der Waals surface area contributed by atoms with Gasteiger partial charge in [0.15, 0.2) is 0 Å². The fourth-order valence-electron chi connectivity index (χ4n) is 2.53. The van der Waals surface area contributed by atoms with Crippen LogP contribution in [0.1, 0.15) is 18.9 Å². The zero-order chi connectivity index (χ0) is 17.8. The molecule has 0 aliphatic rings. The van der Waals surface area contributed by atoms with E-state index in [4.69, 9.17) is 16.3 Å². The molecule has 0 aliphatic heterocycles. The molecule has 0 aliphatic carbocycles. The lowest BCUT2D eigenvalue weighted by Crippen LogP contribution is -2.34. The van der Waals surface area contributed by atoms with Gasteiger partial charge in [-0.15, -0.1) is 0 Å². The van der Waals surface area contributed by atoms with Crippen molar-refractivity contribution in [2.45, 2.75) is 13.3 Å². The number of hydrogen-bond acceptors (Lipinski definition) is 2. The first-order valence-electron chi connectivity index (χ1n) is 8.09. The molecule has 0 fully saturated rings. The van der Waals surface area contributed by atoms with Crippen LogP contribution in [-0.2, 0) is 0 Å². The Balaban J connectivity index is 2.15. The van der Waals surface area contributed by atoms with Crippen molar-refractivity contribution in [2.24, 2.45) is 0 Å². The largest absolute Gasteiger partial charge is 0.493 e. The molecule has 5 heteroatoms. The summed E-state index contributed by atoms with van der Waals surface area (Å²) in [5.41, 5.74) is 1.34. The van der Waals surface area contributed by atoms with Crippen molar-refractivity contribution >= 4 is 24.3 Å². The second-order valence-corrected chi connectivity index (χ2v) is 6.09. The summed E-state index contributed by atoms with van der Waals surface area (Å²) in [5.74, 6) is 0.692. The number of para-hydroxylation sites is 1. The third kappa shape index (κ3) is 3.69. The van der Waals surface area contributed by atoms with Crippen molar-refractivity contribution < 1.29 is 4.74 Å². The minimum absolute atomic E-state index is 0.169. The maximum Gasteiger partial charge on any atom is 0.279 e. The van der Waals surface area contributed by atoms with Gasteiger partial charge in [0.1, 0.15) is 5.75 Å². The van der Waals surface area contributed by atoms with E-state index in [1.165, 1.54) is 4.68 Å². The van der Waals surface area contributed by atoms with Gasteiger partial charge < -0.3 is 4.74 Å². The Hall–Kier alpha value is -2.72. The van der Waals surface area contributed by atoms with Gasteiger partial charge in [-0.25, -0.2) is 4.68 Å². The van der Waals surface area contributed by atoms with E-state index in [0.29, 0.717) is 27.9 Å². The van der Waals surface area contributed by atoms with Crippen LogP contribution in [0.5, 0.6) is 5.75 Å². The van der Waals surface area contributed by atoms with Crippen molar-refractivity contribution in [3.8, 4) is 11.4 Å². The van der Waals surface area contributed by atoms with E-state index in [2.05, 4.69) is 11.7 Å². The molecule has 0 unspecified atom stereocenters. The Kier molecular flexibility index (Phi) is 5.10. The van der Waals surface area contributed by atoms with Gasteiger partial charge in [0.05, 0.1) is 22.9 Å². The lowest BCUT2D eigenvalue weighted by atomic mass is 10.1. The predicted octanol–water partition coefficient (Wildman–Crippen LogP) is 2.85. The first-order valence-corrected chi connectivity index (χ1v) is 8.47. The average molecular weight is 355 g/mol. The van der Waals surface area contributed by atoms with Gasteiger partial charge in [0, 0.05) is 10.6 Å². The van der Waals surface area contributed by atoms with Gasteiger partial charge >= 0.3 is 0 Å². The number of nitrogens with one attached hydrogen (secondary N) is 1. The third-order valence-electron chi connectivity index (χ3n) is 3.75. The van der Waals surface area contributed by atoms with Crippen molar-refractivity contribution in [1.29, 1.82) is 0 Å². The molecule has 0 radical (unpaired) electrons. The maximum atomic E-state index is 12.8. The molecule has 4 nitrogen and oxygen atoms in total. The number of aromatic nitrogens is 2. The summed E-state index contributed by atoms with van der Waals surface area (Å²) in [6, 6.07) is 14.7. The zero-order valence-electron chi connectivity index (χ0n) is 14.0. The Bertz CT molecular complexity index is 1040. The van der Waals surface area contributed by atoms with E-state index >= 15 is 0 Å². The molecule has 2 aromatic carbocycles. The molecule has 0 atom stereocenters. The van der Waals surface area contributed by atoms with E-state index in [-0.39, 0.29) is 5.56 Å². The fraction of sp³-hybridized carbons (Fsp3) is 0.150. The molecule has 0 saturated heterocycles. The highest BCUT2D eigenvalue weighted by Gasteiger charge is 2.07. The Morgan fingerprint density at radius 2 is 2.00 bits per heavy atom. The van der Waals surface area contributed by atoms with Gasteiger partial charge in [-0.2, -0.15) is 0 Å². The van der Waals surface area contributed by atoms with Gasteiger partial charge in [-0.05, 0) is 42.8 Å². The van der Waals surface area contributed by atoms with E-state index in [1.807, 2.05) is 43.3 Å². The minimum Gasteiger partial charge on any atom is -0.493 e. The molecule has 1 aromatic heterocycles. The van der Waals surface area contributed by atoms with Gasteiger partial charge in [-0.3, -0.25) is 9.89 Å². The van der Waals surface area contributed by atoms with Crippen LogP contribution >= 0.6 is 11.6 Å². The molecule has 0 bridgehead atoms. The van der Waals surface area contributed by atoms with E-state index in [9.17, 15) is 4.79 Å². The average Bonchev–Trinajstić information content (AvgIpc) is 2.90. The van der Waals surface area contributed by atoms with E-state index in [0.717, 1.165) is 17.7 Å². The summed E-state index contributed by atoms with van der Waals surface area (Å²) in [5, 5.41) is 4.61. The molecule has 1 N–H and O–H groups in total. The van der Waals surface area contributed by atoms with E-state index in [1.54, 1.807) is 18.2 Å². The highest BCUT2D eigenvalue weighted by molar-refractivity contribution is 6.30. The SMILES string of the molecule is C=c1[nH]n(-c2ccccc2)c(=O)/c1=C/c1cc(Cl)ccc1OCCC. The topological polar surface area (TPSA) is 47.0 Å². The molecule has 128 valence electrons. The zero-order valence-corrected chi connectivity index (χ0v) is 14.7. The van der Waals surface area contributed by atoms with Crippen LogP contribution in [0.3, 0.4) is 0 Å². The Labute approximate surface area is 150 Å². The number of ether oxygens (including phenoxy) is 1. The monoisotopic (exact) mass is 354 g/mol. The second-order valence-electron chi connectivity index (χ2n) is 5.66. The number of halogens is 1. The number of hydrogen-bond donors (Lipinski definition) is 1. The Morgan fingerprint density at radius 3 is 2.72 bits per heavy atom. The van der Waals surface area contributed by atoms with Crippen LogP contribution in [0.25, 0.3) is 18.3 Å². The van der Waals surface area contributed by atoms with E-state index < -0.39 is 0 Å². The van der Waals surface area contributed by atoms with Crippen molar-refractivity contribution in [1.82, 2.24) is 9.78 Å². The highest BCUT2D eigenvalue weighted by Crippen LogP contribution is 2.23. The first kappa shape index (κ1) is 17.1. The highest BCUT2D eigenvalue weighted by atomic mass is 35.5. The number of benzene rings is 2. The first-order chi connectivity index (χ1) is 12.1. The summed E-state index contributed by atoms with van der Waals surface area (Å²) >= 11 is 6.12. The fourth-order valence-corrected chi connectivity index (χ4v) is 2.71. The number of rotatable bonds is 5. The number of nitrogens with zero attached hydrogens (tertiary/aromatic N) is 1. The molecule has 1 heterocycles. The van der Waals surface area contributed by atoms with Crippen molar-refractivity contribution in [3.63, 3.8) is 0 Å². The molecule has 3 rings (SSSR count). The van der Waals surface area contributed by atoms with Gasteiger partial charge in [0.2, 0.25) is 0 Å². The van der Waals surface area contributed by atoms with Crippen molar-refractivity contribution in [2.75, 3.05) is 6.61 Å². The summed E-state index contributed by atoms with van der Waals surface area (Å²) in [6.45, 7) is 6.59. The molecule has 0 spiro atoms. The standard InChI is InChI=1S/C20H19ClN2O2/c1-3-11-25-19-10-9-16(21)12-15(19)13-18-14(2)22-23(20(18)24)17-7-5-4-6-8-17/h4-10,12-13,22H,2-3,11H2,1H3/b18-13+. The molecule has 3 aromatic rings. The van der Waals surface area contributed by atoms with Gasteiger partial charge in [0.25, 0.3) is 5.56 Å². The normalized spacial score (nSPS) is 11.7. The van der Waals surface area contributed by atoms with Crippen LogP contribution in [0.4, 0.5) is 0 Å². The Morgan fingerprint density at radius 1 is 1.24 bits per heavy atom. The van der Waals surface area contributed by atoms with Crippen LogP contribution < -0.4 is 20.9 Å². The summed E-state index contributed by atoms with van der Waals surface area (Å²) in [7, 11) is 0. The smallest absolute Gasteiger partial charge is 0.279 e. The molecule has 0 saturated carbocycles. The lowest BCUT2D eigenvalue weighted by Gasteiger charge is -2.08. The molecular weight excluding hydrogens is 336 g/mol. The van der Waals surface area contributed by atoms with Crippen LogP contribution in [-0.4, -0.2) is 16.4 Å². The van der Waals surface area contributed by atoms with Crippen LogP contribution in [0, 0.1) is 0 Å². The lowest BCUT2D eigenvalue weighted by molar-refractivity contribution is 0.317. The van der Waals surface area contributed by atoms with Gasteiger partial charge in [-0.1, -0.05) is 43.3 Å². The van der Waals surface area contributed by atoms with Crippen LogP contribution in [0.2, 0.25) is 5.02 Å². The molecule has 25 heavy (non-hydrogen) atoms. The number of aromatic amines is 1.